The van der Waals surface area contributed by atoms with Gasteiger partial charge in [0.1, 0.15) is 11.4 Å². The molecule has 1 aliphatic heterocycles. The highest BCUT2D eigenvalue weighted by Gasteiger charge is 2.28. The van der Waals surface area contributed by atoms with E-state index in [0.717, 1.165) is 59.1 Å². The van der Waals surface area contributed by atoms with Crippen molar-refractivity contribution in [2.75, 3.05) is 44.0 Å². The second-order valence-electron chi connectivity index (χ2n) is 12.0. The summed E-state index contributed by atoms with van der Waals surface area (Å²) in [6.45, 7) is 10.4. The number of carbonyl (C=O) groups is 1. The summed E-state index contributed by atoms with van der Waals surface area (Å²) in [6, 6.07) is 16.0. The number of methoxy groups -OCH3 is 1. The quantitative estimate of drug-likeness (QED) is 0.186. The summed E-state index contributed by atoms with van der Waals surface area (Å²) in [5, 5.41) is 9.02. The van der Waals surface area contributed by atoms with Crippen LogP contribution in [-0.2, 0) is 9.47 Å². The van der Waals surface area contributed by atoms with Gasteiger partial charge in [-0.3, -0.25) is 0 Å². The fourth-order valence-electron chi connectivity index (χ4n) is 5.28. The third-order valence-electron chi connectivity index (χ3n) is 7.36. The maximum atomic E-state index is 12.6. The van der Waals surface area contributed by atoms with Gasteiger partial charge in [0.15, 0.2) is 0 Å². The molecule has 0 unspecified atom stereocenters. The van der Waals surface area contributed by atoms with E-state index in [4.69, 9.17) is 19.2 Å². The minimum atomic E-state index is -0.535. The van der Waals surface area contributed by atoms with Crippen LogP contribution in [-0.4, -0.2) is 70.9 Å². The first-order chi connectivity index (χ1) is 21.2. The summed E-state index contributed by atoms with van der Waals surface area (Å²) < 4.78 is 17.3. The lowest BCUT2D eigenvalue weighted by molar-refractivity contribution is 0.0206. The Hall–Kier alpha value is -4.44. The predicted octanol–water partition coefficient (Wildman–Crippen LogP) is 7.05. The summed E-state index contributed by atoms with van der Waals surface area (Å²) in [6.07, 6.45) is 5.83. The van der Waals surface area contributed by atoms with Gasteiger partial charge in [0.2, 0.25) is 11.8 Å². The Kier molecular flexibility index (Phi) is 9.79. The van der Waals surface area contributed by atoms with Crippen molar-refractivity contribution in [2.45, 2.75) is 58.6 Å². The number of hydrogen-bond donors (Lipinski definition) is 2. The molecule has 44 heavy (non-hydrogen) atoms. The molecule has 1 fully saturated rings. The molecule has 2 N–H and O–H groups in total. The zero-order valence-electron chi connectivity index (χ0n) is 26.2. The maximum absolute atomic E-state index is 12.6. The normalized spacial score (nSPS) is 15.2. The standard InChI is InChI=1S/C34H42N6O4/c1-23-14-15-25-26(11-6-13-28(25)35-18-9-21-42-5)30(23)43-31-27(12-7-17-36-31)29-16-19-37-32(39-29)38-24-10-8-20-40(22-24)33(41)44-34(2,3)4/h6-7,11-17,19,24,35H,8-10,18,20-22H2,1-5H3,(H,37,38,39)/t24-/m0/s1. The highest BCUT2D eigenvalue weighted by atomic mass is 16.6. The summed E-state index contributed by atoms with van der Waals surface area (Å²) in [5.41, 5.74) is 2.95. The van der Waals surface area contributed by atoms with Crippen LogP contribution in [0.2, 0.25) is 0 Å². The molecule has 1 atom stereocenters. The average molecular weight is 599 g/mol. The lowest BCUT2D eigenvalue weighted by Gasteiger charge is -2.34. The Morgan fingerprint density at radius 2 is 1.91 bits per heavy atom. The number of rotatable bonds is 10. The number of hydrogen-bond acceptors (Lipinski definition) is 9. The largest absolute Gasteiger partial charge is 0.444 e. The number of nitrogens with zero attached hydrogens (tertiary/aromatic N) is 4. The summed E-state index contributed by atoms with van der Waals surface area (Å²) >= 11 is 0. The van der Waals surface area contributed by atoms with E-state index >= 15 is 0 Å². The van der Waals surface area contributed by atoms with Gasteiger partial charge in [-0.05, 0) is 76.8 Å². The molecule has 1 aliphatic rings. The molecular weight excluding hydrogens is 556 g/mol. The SMILES string of the molecule is COCCCNc1cccc2c(Oc3ncccc3-c3ccnc(N[C@H]4CCCN(C(=O)OC(C)(C)C)C4)n3)c(C)ccc12. The number of amides is 1. The molecule has 3 heterocycles. The Bertz CT molecular complexity index is 1590. The molecule has 232 valence electrons. The minimum absolute atomic E-state index is 0.00627. The molecule has 5 rings (SSSR count). The number of pyridine rings is 1. The van der Waals surface area contributed by atoms with Crippen molar-refractivity contribution in [3.8, 4) is 22.9 Å². The van der Waals surface area contributed by atoms with Crippen molar-refractivity contribution in [1.29, 1.82) is 0 Å². The predicted molar refractivity (Wildman–Crippen MR) is 173 cm³/mol. The topological polar surface area (TPSA) is 111 Å². The second-order valence-corrected chi connectivity index (χ2v) is 12.0. The van der Waals surface area contributed by atoms with E-state index in [0.29, 0.717) is 37.2 Å². The molecule has 10 nitrogen and oxygen atoms in total. The molecule has 0 aliphatic carbocycles. The van der Waals surface area contributed by atoms with Crippen LogP contribution in [0.15, 0.2) is 60.9 Å². The van der Waals surface area contributed by atoms with E-state index < -0.39 is 5.60 Å². The summed E-state index contributed by atoms with van der Waals surface area (Å²) in [5.74, 6) is 1.69. The molecule has 0 bridgehead atoms. The first kappa shape index (κ1) is 31.0. The van der Waals surface area contributed by atoms with Gasteiger partial charge in [0.25, 0.3) is 0 Å². The number of aromatic nitrogens is 3. The molecule has 2 aromatic heterocycles. The Labute approximate surface area is 259 Å². The van der Waals surface area contributed by atoms with Crippen molar-refractivity contribution in [1.82, 2.24) is 19.9 Å². The number of benzene rings is 2. The van der Waals surface area contributed by atoms with Gasteiger partial charge in [0, 0.05) is 68.2 Å². The number of ether oxygens (including phenoxy) is 3. The monoisotopic (exact) mass is 598 g/mol. The Balaban J connectivity index is 1.36. The summed E-state index contributed by atoms with van der Waals surface area (Å²) in [4.78, 5) is 28.3. The van der Waals surface area contributed by atoms with Gasteiger partial charge in [-0.2, -0.15) is 0 Å². The smallest absolute Gasteiger partial charge is 0.410 e. The maximum Gasteiger partial charge on any atom is 0.410 e. The van der Waals surface area contributed by atoms with Crippen LogP contribution >= 0.6 is 0 Å². The lowest BCUT2D eigenvalue weighted by Crippen LogP contribution is -2.47. The number of aryl methyl sites for hydroxylation is 1. The zero-order chi connectivity index (χ0) is 31.1. The van der Waals surface area contributed by atoms with Gasteiger partial charge in [-0.25, -0.2) is 19.7 Å². The van der Waals surface area contributed by atoms with E-state index in [2.05, 4.69) is 44.9 Å². The summed E-state index contributed by atoms with van der Waals surface area (Å²) in [7, 11) is 1.72. The van der Waals surface area contributed by atoms with Crippen LogP contribution in [0.4, 0.5) is 16.4 Å². The molecule has 0 spiro atoms. The number of nitrogens with one attached hydrogen (secondary N) is 2. The Morgan fingerprint density at radius 3 is 2.73 bits per heavy atom. The second kappa shape index (κ2) is 13.9. The van der Waals surface area contributed by atoms with Gasteiger partial charge in [0.05, 0.1) is 11.3 Å². The van der Waals surface area contributed by atoms with Crippen LogP contribution in [0, 0.1) is 6.92 Å². The first-order valence-corrected chi connectivity index (χ1v) is 15.2. The molecule has 0 saturated carbocycles. The minimum Gasteiger partial charge on any atom is -0.444 e. The van der Waals surface area contributed by atoms with Crippen molar-refractivity contribution >= 4 is 28.5 Å². The average Bonchev–Trinajstić information content (AvgIpc) is 3.00. The van der Waals surface area contributed by atoms with Crippen LogP contribution in [0.5, 0.6) is 11.6 Å². The van der Waals surface area contributed by atoms with E-state index in [1.165, 1.54) is 0 Å². The van der Waals surface area contributed by atoms with Crippen LogP contribution in [0.1, 0.15) is 45.6 Å². The molecule has 10 heteroatoms. The van der Waals surface area contributed by atoms with E-state index in [1.807, 2.05) is 52.0 Å². The van der Waals surface area contributed by atoms with Gasteiger partial charge >= 0.3 is 6.09 Å². The number of fused-ring (bicyclic) bond motifs is 1. The van der Waals surface area contributed by atoms with Crippen LogP contribution in [0.25, 0.3) is 22.0 Å². The van der Waals surface area contributed by atoms with Crippen molar-refractivity contribution < 1.29 is 19.0 Å². The van der Waals surface area contributed by atoms with Crippen molar-refractivity contribution in [3.63, 3.8) is 0 Å². The molecule has 1 saturated heterocycles. The van der Waals surface area contributed by atoms with Gasteiger partial charge in [-0.1, -0.05) is 24.3 Å². The zero-order valence-corrected chi connectivity index (χ0v) is 26.2. The fourth-order valence-corrected chi connectivity index (χ4v) is 5.28. The van der Waals surface area contributed by atoms with Gasteiger partial charge < -0.3 is 29.7 Å². The van der Waals surface area contributed by atoms with E-state index in [-0.39, 0.29) is 12.1 Å². The van der Waals surface area contributed by atoms with Crippen molar-refractivity contribution in [2.24, 2.45) is 0 Å². The van der Waals surface area contributed by atoms with Gasteiger partial charge in [-0.15, -0.1) is 0 Å². The molecule has 2 aromatic carbocycles. The third-order valence-corrected chi connectivity index (χ3v) is 7.36. The molecule has 1 amide bonds. The van der Waals surface area contributed by atoms with E-state index in [1.54, 1.807) is 24.4 Å². The third kappa shape index (κ3) is 7.74. The van der Waals surface area contributed by atoms with Crippen LogP contribution in [0.3, 0.4) is 0 Å². The van der Waals surface area contributed by atoms with Crippen molar-refractivity contribution in [3.05, 3.63) is 66.5 Å². The van der Waals surface area contributed by atoms with E-state index in [9.17, 15) is 4.79 Å². The van der Waals surface area contributed by atoms with Crippen LogP contribution < -0.4 is 15.4 Å². The Morgan fingerprint density at radius 1 is 1.05 bits per heavy atom. The number of anilines is 2. The first-order valence-electron chi connectivity index (χ1n) is 15.2. The molecule has 4 aromatic rings. The highest BCUT2D eigenvalue weighted by Crippen LogP contribution is 2.38. The number of carbonyl (C=O) groups excluding carboxylic acids is 1. The fraction of sp³-hybridized carbons (Fsp3) is 0.412. The lowest BCUT2D eigenvalue weighted by atomic mass is 10.0. The molecule has 0 radical (unpaired) electrons. The highest BCUT2D eigenvalue weighted by molar-refractivity contribution is 5.98. The number of likely N-dealkylation sites (tertiary alicyclic amines) is 1. The molecular formula is C34H42N6O4. The number of piperidine rings is 1.